The van der Waals surface area contributed by atoms with Gasteiger partial charge in [0.25, 0.3) is 5.56 Å². The second-order valence-corrected chi connectivity index (χ2v) is 8.03. The number of aryl methyl sites for hydroxylation is 2. The molecule has 4 aromatic rings. The van der Waals surface area contributed by atoms with E-state index in [2.05, 4.69) is 16.0 Å². The maximum absolute atomic E-state index is 13.3. The number of nitrogens with zero attached hydrogens (tertiary/aromatic N) is 5. The summed E-state index contributed by atoms with van der Waals surface area (Å²) < 4.78 is 4.60. The highest BCUT2D eigenvalue weighted by Gasteiger charge is 2.28. The summed E-state index contributed by atoms with van der Waals surface area (Å²) >= 11 is 6.07. The summed E-state index contributed by atoms with van der Waals surface area (Å²) in [5.74, 6) is 0.684. The molecule has 0 aliphatic carbocycles. The third-order valence-electron chi connectivity index (χ3n) is 5.54. The van der Waals surface area contributed by atoms with Gasteiger partial charge in [-0.05, 0) is 42.3 Å². The number of aromatic nitrogens is 4. The van der Waals surface area contributed by atoms with Crippen molar-refractivity contribution in [1.82, 2.24) is 18.7 Å². The smallest absolute Gasteiger partial charge is 0.310 e. The molecule has 1 aliphatic heterocycles. The third kappa shape index (κ3) is 2.85. The standard InChI is InChI=1S/C22H20ClN5O2/c1-14-5-3-8-17(11-14)26-9-10-27-18-19(24-21(26)27)25(2)22(30)28(20(18)29)13-15-6-4-7-16(23)12-15/h3-8,11-12H,9-10,13H2,1-2H3. The zero-order chi connectivity index (χ0) is 21.0. The molecule has 3 heterocycles. The Morgan fingerprint density at radius 2 is 1.87 bits per heavy atom. The number of anilines is 2. The number of rotatable bonds is 3. The molecule has 2 aromatic carbocycles. The summed E-state index contributed by atoms with van der Waals surface area (Å²) in [6.45, 7) is 3.55. The van der Waals surface area contributed by atoms with E-state index < -0.39 is 5.69 Å². The van der Waals surface area contributed by atoms with E-state index in [1.807, 2.05) is 41.8 Å². The van der Waals surface area contributed by atoms with Crippen LogP contribution in [0.5, 0.6) is 0 Å². The quantitative estimate of drug-likeness (QED) is 0.510. The van der Waals surface area contributed by atoms with Crippen molar-refractivity contribution in [3.05, 3.63) is 85.5 Å². The molecule has 0 N–H and O–H groups in total. The highest BCUT2D eigenvalue weighted by atomic mass is 35.5. The first-order valence-corrected chi connectivity index (χ1v) is 10.1. The van der Waals surface area contributed by atoms with E-state index in [0.29, 0.717) is 28.7 Å². The molecule has 0 amide bonds. The lowest BCUT2D eigenvalue weighted by atomic mass is 10.2. The molecule has 0 radical (unpaired) electrons. The molecular formula is C22H20ClN5O2. The second-order valence-electron chi connectivity index (χ2n) is 7.59. The van der Waals surface area contributed by atoms with Gasteiger partial charge in [0.2, 0.25) is 5.95 Å². The van der Waals surface area contributed by atoms with Crippen LogP contribution in [0.4, 0.5) is 11.6 Å². The topological polar surface area (TPSA) is 65.1 Å². The largest absolute Gasteiger partial charge is 0.332 e. The van der Waals surface area contributed by atoms with Crippen molar-refractivity contribution in [2.24, 2.45) is 7.05 Å². The lowest BCUT2D eigenvalue weighted by molar-refractivity contribution is 0.652. The van der Waals surface area contributed by atoms with Crippen molar-refractivity contribution in [1.29, 1.82) is 0 Å². The first kappa shape index (κ1) is 18.7. The van der Waals surface area contributed by atoms with Gasteiger partial charge in [0.05, 0.1) is 6.54 Å². The Hall–Kier alpha value is -3.32. The van der Waals surface area contributed by atoms with Crippen LogP contribution in [0.15, 0.2) is 58.1 Å². The SMILES string of the molecule is Cc1cccc(N2CCn3c2nc2c3c(=O)n(Cc3cccc(Cl)c3)c(=O)n2C)c1. The van der Waals surface area contributed by atoms with Crippen molar-refractivity contribution in [3.63, 3.8) is 0 Å². The van der Waals surface area contributed by atoms with Gasteiger partial charge in [-0.2, -0.15) is 4.98 Å². The fourth-order valence-corrected chi connectivity index (χ4v) is 4.29. The molecule has 0 saturated heterocycles. The van der Waals surface area contributed by atoms with Gasteiger partial charge in [0.1, 0.15) is 0 Å². The molecule has 2 aromatic heterocycles. The van der Waals surface area contributed by atoms with Crippen molar-refractivity contribution in [2.45, 2.75) is 20.0 Å². The normalized spacial score (nSPS) is 13.2. The predicted octanol–water partition coefficient (Wildman–Crippen LogP) is 3.06. The van der Waals surface area contributed by atoms with E-state index in [-0.39, 0.29) is 12.1 Å². The van der Waals surface area contributed by atoms with Gasteiger partial charge < -0.3 is 9.47 Å². The number of hydrogen-bond donors (Lipinski definition) is 0. The van der Waals surface area contributed by atoms with Crippen LogP contribution in [0.25, 0.3) is 11.2 Å². The Morgan fingerprint density at radius 3 is 2.63 bits per heavy atom. The van der Waals surface area contributed by atoms with Crippen molar-refractivity contribution >= 4 is 34.4 Å². The van der Waals surface area contributed by atoms with Gasteiger partial charge in [-0.1, -0.05) is 35.9 Å². The minimum atomic E-state index is -0.397. The van der Waals surface area contributed by atoms with E-state index in [0.717, 1.165) is 23.4 Å². The monoisotopic (exact) mass is 421 g/mol. The molecule has 1 aliphatic rings. The number of fused-ring (bicyclic) bond motifs is 3. The maximum Gasteiger partial charge on any atom is 0.332 e. The molecule has 8 heteroatoms. The van der Waals surface area contributed by atoms with Crippen molar-refractivity contribution in [2.75, 3.05) is 11.4 Å². The Bertz CT molecular complexity index is 1420. The van der Waals surface area contributed by atoms with Gasteiger partial charge in [-0.25, -0.2) is 4.79 Å². The van der Waals surface area contributed by atoms with Crippen LogP contribution in [0.1, 0.15) is 11.1 Å². The zero-order valence-electron chi connectivity index (χ0n) is 16.7. The zero-order valence-corrected chi connectivity index (χ0v) is 17.4. The van der Waals surface area contributed by atoms with E-state index in [1.54, 1.807) is 19.2 Å². The molecule has 0 bridgehead atoms. The summed E-state index contributed by atoms with van der Waals surface area (Å²) in [6, 6.07) is 15.3. The van der Waals surface area contributed by atoms with Crippen LogP contribution in [-0.4, -0.2) is 25.2 Å². The van der Waals surface area contributed by atoms with Crippen molar-refractivity contribution in [3.8, 4) is 0 Å². The number of imidazole rings is 1. The van der Waals surface area contributed by atoms with Crippen LogP contribution in [0, 0.1) is 6.92 Å². The summed E-state index contributed by atoms with van der Waals surface area (Å²) in [7, 11) is 1.65. The first-order valence-electron chi connectivity index (χ1n) is 9.73. The van der Waals surface area contributed by atoms with Crippen LogP contribution in [0.2, 0.25) is 5.02 Å². The molecule has 5 rings (SSSR count). The average Bonchev–Trinajstić information content (AvgIpc) is 3.29. The minimum absolute atomic E-state index is 0.157. The number of hydrogen-bond acceptors (Lipinski definition) is 4. The summed E-state index contributed by atoms with van der Waals surface area (Å²) in [4.78, 5) is 33.1. The molecule has 152 valence electrons. The molecule has 30 heavy (non-hydrogen) atoms. The summed E-state index contributed by atoms with van der Waals surface area (Å²) in [6.07, 6.45) is 0. The average molecular weight is 422 g/mol. The molecule has 0 spiro atoms. The van der Waals surface area contributed by atoms with Crippen molar-refractivity contribution < 1.29 is 0 Å². The van der Waals surface area contributed by atoms with E-state index >= 15 is 0 Å². The highest BCUT2D eigenvalue weighted by molar-refractivity contribution is 6.30. The summed E-state index contributed by atoms with van der Waals surface area (Å²) in [5, 5.41) is 0.567. The van der Waals surface area contributed by atoms with Gasteiger partial charge in [0, 0.05) is 30.8 Å². The van der Waals surface area contributed by atoms with Gasteiger partial charge in [-0.15, -0.1) is 0 Å². The van der Waals surface area contributed by atoms with Crippen LogP contribution >= 0.6 is 11.6 Å². The molecule has 7 nitrogen and oxygen atoms in total. The van der Waals surface area contributed by atoms with Gasteiger partial charge in [-0.3, -0.25) is 13.9 Å². The Labute approximate surface area is 177 Å². The number of halogens is 1. The van der Waals surface area contributed by atoms with Crippen LogP contribution in [-0.2, 0) is 20.1 Å². The van der Waals surface area contributed by atoms with E-state index in [4.69, 9.17) is 11.6 Å². The molecular weight excluding hydrogens is 402 g/mol. The molecule has 0 atom stereocenters. The number of benzene rings is 2. The van der Waals surface area contributed by atoms with Crippen LogP contribution < -0.4 is 16.1 Å². The van der Waals surface area contributed by atoms with E-state index in [1.165, 1.54) is 9.13 Å². The highest BCUT2D eigenvalue weighted by Crippen LogP contribution is 2.31. The maximum atomic E-state index is 13.3. The first-order chi connectivity index (χ1) is 14.4. The second kappa shape index (κ2) is 6.88. The lowest BCUT2D eigenvalue weighted by Crippen LogP contribution is -2.40. The van der Waals surface area contributed by atoms with Gasteiger partial charge >= 0.3 is 5.69 Å². The molecule has 0 unspecified atom stereocenters. The fraction of sp³-hybridized carbons (Fsp3) is 0.227. The summed E-state index contributed by atoms with van der Waals surface area (Å²) in [5.41, 5.74) is 3.09. The fourth-order valence-electron chi connectivity index (χ4n) is 4.08. The Balaban J connectivity index is 1.68. The minimum Gasteiger partial charge on any atom is -0.310 e. The van der Waals surface area contributed by atoms with E-state index in [9.17, 15) is 9.59 Å². The lowest BCUT2D eigenvalue weighted by Gasteiger charge is -2.16. The Kier molecular flexibility index (Phi) is 4.29. The van der Waals surface area contributed by atoms with Crippen LogP contribution in [0.3, 0.4) is 0 Å². The molecule has 0 fully saturated rings. The Morgan fingerprint density at radius 1 is 1.07 bits per heavy atom. The third-order valence-corrected chi connectivity index (χ3v) is 5.78. The van der Waals surface area contributed by atoms with Gasteiger partial charge in [0.15, 0.2) is 11.2 Å². The predicted molar refractivity (Wildman–Crippen MR) is 118 cm³/mol. The molecule has 0 saturated carbocycles.